The molecule has 0 atom stereocenters. The Kier molecular flexibility index (Phi) is 4.27. The number of aryl methyl sites for hydroxylation is 2. The lowest BCUT2D eigenvalue weighted by molar-refractivity contribution is 0.0953. The van der Waals surface area contributed by atoms with Gasteiger partial charge in [-0.2, -0.15) is 5.10 Å². The lowest BCUT2D eigenvalue weighted by Gasteiger charge is -2.07. The second-order valence-electron chi connectivity index (χ2n) is 4.49. The monoisotopic (exact) mass is 275 g/mol. The summed E-state index contributed by atoms with van der Waals surface area (Å²) in [7, 11) is 1.88. The molecule has 2 rings (SSSR count). The van der Waals surface area contributed by atoms with E-state index in [9.17, 15) is 4.79 Å². The first-order valence-electron chi connectivity index (χ1n) is 6.12. The molecule has 1 aromatic carbocycles. The SMILES string of the molecule is Cc1ccc(S)cc1C(=O)NCCc1ccn(C)n1. The highest BCUT2D eigenvalue weighted by atomic mass is 32.1. The van der Waals surface area contributed by atoms with Crippen molar-refractivity contribution in [1.29, 1.82) is 0 Å². The van der Waals surface area contributed by atoms with Crippen molar-refractivity contribution in [3.8, 4) is 0 Å². The third-order valence-electron chi connectivity index (χ3n) is 2.90. The predicted molar refractivity (Wildman–Crippen MR) is 77.7 cm³/mol. The minimum atomic E-state index is -0.0654. The maximum Gasteiger partial charge on any atom is 0.251 e. The van der Waals surface area contributed by atoms with Crippen LogP contribution in [0.5, 0.6) is 0 Å². The van der Waals surface area contributed by atoms with Crippen LogP contribution in [0.4, 0.5) is 0 Å². The molecule has 100 valence electrons. The van der Waals surface area contributed by atoms with Gasteiger partial charge < -0.3 is 5.32 Å². The molecule has 19 heavy (non-hydrogen) atoms. The van der Waals surface area contributed by atoms with E-state index in [1.54, 1.807) is 10.7 Å². The second kappa shape index (κ2) is 5.93. The van der Waals surface area contributed by atoms with Crippen LogP contribution in [0, 0.1) is 6.92 Å². The topological polar surface area (TPSA) is 46.9 Å². The fourth-order valence-corrected chi connectivity index (χ4v) is 2.05. The number of nitrogens with one attached hydrogen (secondary N) is 1. The molecule has 0 aliphatic carbocycles. The van der Waals surface area contributed by atoms with Crippen LogP contribution >= 0.6 is 12.6 Å². The maximum atomic E-state index is 12.0. The Labute approximate surface area is 118 Å². The average molecular weight is 275 g/mol. The van der Waals surface area contributed by atoms with Gasteiger partial charge in [-0.3, -0.25) is 9.48 Å². The number of aromatic nitrogens is 2. The van der Waals surface area contributed by atoms with Gasteiger partial charge in [-0.05, 0) is 30.7 Å². The normalized spacial score (nSPS) is 10.5. The molecule has 0 saturated carbocycles. The molecule has 0 saturated heterocycles. The molecule has 0 fully saturated rings. The standard InChI is InChI=1S/C14H17N3OS/c1-10-3-4-12(19)9-13(10)14(18)15-7-5-11-6-8-17(2)16-11/h3-4,6,8-9,19H,5,7H2,1-2H3,(H,15,18). The van der Waals surface area contributed by atoms with Gasteiger partial charge in [0.25, 0.3) is 5.91 Å². The van der Waals surface area contributed by atoms with Crippen molar-refractivity contribution in [2.24, 2.45) is 7.05 Å². The van der Waals surface area contributed by atoms with E-state index in [-0.39, 0.29) is 5.91 Å². The third-order valence-corrected chi connectivity index (χ3v) is 3.18. The first kappa shape index (κ1) is 13.7. The van der Waals surface area contributed by atoms with Gasteiger partial charge in [-0.25, -0.2) is 0 Å². The molecule has 1 heterocycles. The Morgan fingerprint density at radius 3 is 2.89 bits per heavy atom. The van der Waals surface area contributed by atoms with E-state index < -0.39 is 0 Å². The van der Waals surface area contributed by atoms with Crippen molar-refractivity contribution < 1.29 is 4.79 Å². The highest BCUT2D eigenvalue weighted by Gasteiger charge is 2.08. The minimum Gasteiger partial charge on any atom is -0.352 e. The van der Waals surface area contributed by atoms with Crippen LogP contribution in [0.1, 0.15) is 21.6 Å². The van der Waals surface area contributed by atoms with Crippen LogP contribution < -0.4 is 5.32 Å². The Morgan fingerprint density at radius 1 is 1.42 bits per heavy atom. The largest absolute Gasteiger partial charge is 0.352 e. The third kappa shape index (κ3) is 3.61. The van der Waals surface area contributed by atoms with Gasteiger partial charge in [-0.15, -0.1) is 12.6 Å². The summed E-state index contributed by atoms with van der Waals surface area (Å²) in [5.41, 5.74) is 2.60. The summed E-state index contributed by atoms with van der Waals surface area (Å²) in [6.45, 7) is 2.49. The fraction of sp³-hybridized carbons (Fsp3) is 0.286. The van der Waals surface area contributed by atoms with E-state index in [1.807, 2.05) is 38.4 Å². The van der Waals surface area contributed by atoms with Crippen LogP contribution in [0.2, 0.25) is 0 Å². The molecule has 0 aliphatic rings. The van der Waals surface area contributed by atoms with Crippen molar-refractivity contribution in [2.45, 2.75) is 18.2 Å². The van der Waals surface area contributed by atoms with Gasteiger partial charge in [0.2, 0.25) is 0 Å². The molecular formula is C14H17N3OS. The van der Waals surface area contributed by atoms with Gasteiger partial charge in [0.15, 0.2) is 0 Å². The summed E-state index contributed by atoms with van der Waals surface area (Å²) in [4.78, 5) is 12.8. The number of hydrogen-bond acceptors (Lipinski definition) is 3. The Hall–Kier alpha value is -1.75. The van der Waals surface area contributed by atoms with Crippen molar-refractivity contribution in [2.75, 3.05) is 6.54 Å². The quantitative estimate of drug-likeness (QED) is 0.838. The zero-order valence-electron chi connectivity index (χ0n) is 11.1. The summed E-state index contributed by atoms with van der Waals surface area (Å²) < 4.78 is 1.76. The van der Waals surface area contributed by atoms with Gasteiger partial charge >= 0.3 is 0 Å². The number of hydrogen-bond donors (Lipinski definition) is 2. The molecule has 0 unspecified atom stereocenters. The average Bonchev–Trinajstić information content (AvgIpc) is 2.78. The van der Waals surface area contributed by atoms with Crippen LogP contribution in [0.15, 0.2) is 35.4 Å². The van der Waals surface area contributed by atoms with Crippen LogP contribution in [0.3, 0.4) is 0 Å². The number of rotatable bonds is 4. The number of thiol groups is 1. The van der Waals surface area contributed by atoms with Gasteiger partial charge in [-0.1, -0.05) is 6.07 Å². The first-order chi connectivity index (χ1) is 9.06. The zero-order chi connectivity index (χ0) is 13.8. The van der Waals surface area contributed by atoms with Crippen LogP contribution in [-0.2, 0) is 13.5 Å². The van der Waals surface area contributed by atoms with E-state index in [1.165, 1.54) is 0 Å². The van der Waals surface area contributed by atoms with E-state index in [0.29, 0.717) is 12.1 Å². The Morgan fingerprint density at radius 2 is 2.21 bits per heavy atom. The van der Waals surface area contributed by atoms with E-state index in [4.69, 9.17) is 0 Å². The maximum absolute atomic E-state index is 12.0. The number of amides is 1. The summed E-state index contributed by atoms with van der Waals surface area (Å²) in [6.07, 6.45) is 2.62. The van der Waals surface area contributed by atoms with Crippen LogP contribution in [-0.4, -0.2) is 22.2 Å². The summed E-state index contributed by atoms with van der Waals surface area (Å²) >= 11 is 4.25. The predicted octanol–water partition coefficient (Wildman–Crippen LogP) is 1.99. The van der Waals surface area contributed by atoms with Crippen molar-refractivity contribution in [3.05, 3.63) is 47.3 Å². The lowest BCUT2D eigenvalue weighted by Crippen LogP contribution is -2.26. The highest BCUT2D eigenvalue weighted by molar-refractivity contribution is 7.80. The van der Waals surface area contributed by atoms with Crippen molar-refractivity contribution in [1.82, 2.24) is 15.1 Å². The molecular weight excluding hydrogens is 258 g/mol. The molecule has 2 aromatic rings. The molecule has 5 heteroatoms. The molecule has 0 bridgehead atoms. The van der Waals surface area contributed by atoms with E-state index >= 15 is 0 Å². The van der Waals surface area contributed by atoms with Crippen molar-refractivity contribution in [3.63, 3.8) is 0 Å². The van der Waals surface area contributed by atoms with Gasteiger partial charge in [0.1, 0.15) is 0 Å². The summed E-state index contributed by atoms with van der Waals surface area (Å²) in [5, 5.41) is 7.17. The number of benzene rings is 1. The molecule has 1 aromatic heterocycles. The Bertz CT molecular complexity index is 592. The van der Waals surface area contributed by atoms with Gasteiger partial charge in [0.05, 0.1) is 5.69 Å². The number of carbonyl (C=O) groups is 1. The number of carbonyl (C=O) groups excluding carboxylic acids is 1. The minimum absolute atomic E-state index is 0.0654. The van der Waals surface area contributed by atoms with Crippen molar-refractivity contribution >= 4 is 18.5 Å². The van der Waals surface area contributed by atoms with E-state index in [0.717, 1.165) is 22.6 Å². The summed E-state index contributed by atoms with van der Waals surface area (Å²) in [5.74, 6) is -0.0654. The number of nitrogens with zero attached hydrogens (tertiary/aromatic N) is 2. The Balaban J connectivity index is 1.92. The molecule has 0 spiro atoms. The molecule has 0 aliphatic heterocycles. The molecule has 4 nitrogen and oxygen atoms in total. The van der Waals surface area contributed by atoms with E-state index in [2.05, 4.69) is 23.0 Å². The highest BCUT2D eigenvalue weighted by Crippen LogP contribution is 2.13. The fourth-order valence-electron chi connectivity index (χ4n) is 1.85. The zero-order valence-corrected chi connectivity index (χ0v) is 11.9. The smallest absolute Gasteiger partial charge is 0.251 e. The lowest BCUT2D eigenvalue weighted by atomic mass is 10.1. The molecule has 1 amide bonds. The van der Waals surface area contributed by atoms with Crippen LogP contribution in [0.25, 0.3) is 0 Å². The summed E-state index contributed by atoms with van der Waals surface area (Å²) in [6, 6.07) is 7.51. The molecule has 1 N–H and O–H groups in total. The first-order valence-corrected chi connectivity index (χ1v) is 6.57. The molecule has 0 radical (unpaired) electrons. The van der Waals surface area contributed by atoms with Gasteiger partial charge in [0, 0.05) is 36.7 Å². The second-order valence-corrected chi connectivity index (χ2v) is 5.00.